The SMILES string of the molecule is CCC(N)(CC)c1nc(-c2cc(F)c(F)c(F)c2)no1. The number of nitrogens with zero attached hydrogens (tertiary/aromatic N) is 2. The van der Waals surface area contributed by atoms with Crippen LogP contribution < -0.4 is 5.73 Å². The molecule has 0 aliphatic heterocycles. The van der Waals surface area contributed by atoms with Gasteiger partial charge in [0.05, 0.1) is 5.54 Å². The van der Waals surface area contributed by atoms with Gasteiger partial charge in [0.2, 0.25) is 11.7 Å². The van der Waals surface area contributed by atoms with Crippen molar-refractivity contribution in [2.45, 2.75) is 32.2 Å². The number of nitrogens with two attached hydrogens (primary N) is 1. The zero-order valence-electron chi connectivity index (χ0n) is 11.1. The van der Waals surface area contributed by atoms with E-state index in [2.05, 4.69) is 10.1 Å². The first kappa shape index (κ1) is 14.5. The first-order valence-corrected chi connectivity index (χ1v) is 6.19. The van der Waals surface area contributed by atoms with Crippen LogP contribution in [0.1, 0.15) is 32.6 Å². The third-order valence-electron chi connectivity index (χ3n) is 3.36. The van der Waals surface area contributed by atoms with E-state index >= 15 is 0 Å². The van der Waals surface area contributed by atoms with Crippen LogP contribution in [0.25, 0.3) is 11.4 Å². The van der Waals surface area contributed by atoms with Crippen molar-refractivity contribution in [2.24, 2.45) is 5.73 Å². The predicted molar refractivity (Wildman–Crippen MR) is 66.1 cm³/mol. The van der Waals surface area contributed by atoms with E-state index in [0.29, 0.717) is 12.8 Å². The van der Waals surface area contributed by atoms with Crippen molar-refractivity contribution in [1.29, 1.82) is 0 Å². The molecule has 1 aromatic heterocycles. The Morgan fingerprint density at radius 3 is 2.20 bits per heavy atom. The van der Waals surface area contributed by atoms with E-state index in [4.69, 9.17) is 10.3 Å². The van der Waals surface area contributed by atoms with E-state index < -0.39 is 23.0 Å². The van der Waals surface area contributed by atoms with Crippen molar-refractivity contribution >= 4 is 0 Å². The monoisotopic (exact) mass is 285 g/mol. The molecular weight excluding hydrogens is 271 g/mol. The van der Waals surface area contributed by atoms with Gasteiger partial charge >= 0.3 is 0 Å². The molecule has 20 heavy (non-hydrogen) atoms. The molecule has 0 fully saturated rings. The van der Waals surface area contributed by atoms with Crippen molar-refractivity contribution in [3.8, 4) is 11.4 Å². The van der Waals surface area contributed by atoms with Gasteiger partial charge in [0.15, 0.2) is 17.5 Å². The van der Waals surface area contributed by atoms with Crippen LogP contribution in [0, 0.1) is 17.5 Å². The Labute approximate surface area is 113 Å². The summed E-state index contributed by atoms with van der Waals surface area (Å²) in [4.78, 5) is 4.05. The Morgan fingerprint density at radius 2 is 1.70 bits per heavy atom. The van der Waals surface area contributed by atoms with Crippen LogP contribution in [0.5, 0.6) is 0 Å². The Hall–Kier alpha value is -1.89. The summed E-state index contributed by atoms with van der Waals surface area (Å²) in [6, 6.07) is 1.62. The summed E-state index contributed by atoms with van der Waals surface area (Å²) < 4.78 is 44.3. The lowest BCUT2D eigenvalue weighted by Gasteiger charge is -2.20. The Balaban J connectivity index is 2.44. The first-order valence-electron chi connectivity index (χ1n) is 6.19. The summed E-state index contributed by atoms with van der Waals surface area (Å²) in [6.07, 6.45) is 1.13. The van der Waals surface area contributed by atoms with Gasteiger partial charge in [0.1, 0.15) is 0 Å². The molecule has 0 saturated carbocycles. The summed E-state index contributed by atoms with van der Waals surface area (Å²) >= 11 is 0. The van der Waals surface area contributed by atoms with Crippen molar-refractivity contribution in [3.05, 3.63) is 35.5 Å². The molecule has 7 heteroatoms. The molecule has 2 rings (SSSR count). The van der Waals surface area contributed by atoms with Gasteiger partial charge in [-0.25, -0.2) is 13.2 Å². The minimum Gasteiger partial charge on any atom is -0.337 e. The summed E-state index contributed by atoms with van der Waals surface area (Å²) in [5.74, 6) is -4.00. The van der Waals surface area contributed by atoms with Gasteiger partial charge in [0.25, 0.3) is 0 Å². The number of aromatic nitrogens is 2. The van der Waals surface area contributed by atoms with Gasteiger partial charge in [-0.2, -0.15) is 4.98 Å². The highest BCUT2D eigenvalue weighted by Gasteiger charge is 2.30. The number of halogens is 3. The van der Waals surface area contributed by atoms with Crippen molar-refractivity contribution in [1.82, 2.24) is 10.1 Å². The molecule has 0 amide bonds. The van der Waals surface area contributed by atoms with E-state index in [1.54, 1.807) is 0 Å². The van der Waals surface area contributed by atoms with Crippen molar-refractivity contribution in [3.63, 3.8) is 0 Å². The number of rotatable bonds is 4. The largest absolute Gasteiger partial charge is 0.337 e. The fourth-order valence-electron chi connectivity index (χ4n) is 1.78. The zero-order chi connectivity index (χ0) is 14.9. The van der Waals surface area contributed by atoms with Gasteiger partial charge in [-0.05, 0) is 25.0 Å². The van der Waals surface area contributed by atoms with E-state index in [1.165, 1.54) is 0 Å². The third-order valence-corrected chi connectivity index (χ3v) is 3.36. The summed E-state index contributed by atoms with van der Waals surface area (Å²) in [5.41, 5.74) is 5.29. The van der Waals surface area contributed by atoms with Gasteiger partial charge in [-0.3, -0.25) is 0 Å². The molecule has 0 unspecified atom stereocenters. The molecule has 4 nitrogen and oxygen atoms in total. The smallest absolute Gasteiger partial charge is 0.247 e. The van der Waals surface area contributed by atoms with Gasteiger partial charge in [-0.1, -0.05) is 19.0 Å². The molecule has 108 valence electrons. The summed E-state index contributed by atoms with van der Waals surface area (Å²) in [6.45, 7) is 3.73. The van der Waals surface area contributed by atoms with E-state index in [9.17, 15) is 13.2 Å². The Bertz CT molecular complexity index is 600. The Kier molecular flexibility index (Phi) is 3.80. The van der Waals surface area contributed by atoms with E-state index in [-0.39, 0.29) is 17.3 Å². The average Bonchev–Trinajstić information content (AvgIpc) is 2.93. The minimum atomic E-state index is -1.53. The molecule has 0 saturated heterocycles. The number of benzene rings is 1. The molecule has 0 aliphatic rings. The van der Waals surface area contributed by atoms with Crippen LogP contribution in [0.4, 0.5) is 13.2 Å². The van der Waals surface area contributed by atoms with E-state index in [0.717, 1.165) is 12.1 Å². The van der Waals surface area contributed by atoms with Crippen LogP contribution in [0.3, 0.4) is 0 Å². The normalized spacial score (nSPS) is 11.9. The standard InChI is InChI=1S/C13H14F3N3O/c1-3-13(17,4-2)12-18-11(19-20-12)7-5-8(14)10(16)9(15)6-7/h5-6H,3-4,17H2,1-2H3. The minimum absolute atomic E-state index is 0.00837. The highest BCUT2D eigenvalue weighted by atomic mass is 19.2. The fraction of sp³-hybridized carbons (Fsp3) is 0.385. The molecule has 0 radical (unpaired) electrons. The van der Waals surface area contributed by atoms with Crippen LogP contribution in [-0.4, -0.2) is 10.1 Å². The molecule has 1 heterocycles. The topological polar surface area (TPSA) is 64.9 Å². The molecule has 2 aromatic rings. The molecule has 0 atom stereocenters. The molecule has 0 spiro atoms. The quantitative estimate of drug-likeness (QED) is 0.876. The highest BCUT2D eigenvalue weighted by molar-refractivity contribution is 5.54. The third kappa shape index (κ3) is 2.40. The predicted octanol–water partition coefficient (Wildman–Crippen LogP) is 3.13. The number of hydrogen-bond donors (Lipinski definition) is 1. The number of hydrogen-bond acceptors (Lipinski definition) is 4. The van der Waals surface area contributed by atoms with Gasteiger partial charge in [-0.15, -0.1) is 0 Å². The van der Waals surface area contributed by atoms with Gasteiger partial charge < -0.3 is 10.3 Å². The van der Waals surface area contributed by atoms with Gasteiger partial charge in [0, 0.05) is 5.56 Å². The van der Waals surface area contributed by atoms with Crippen LogP contribution in [0.15, 0.2) is 16.7 Å². The van der Waals surface area contributed by atoms with Crippen molar-refractivity contribution in [2.75, 3.05) is 0 Å². The lowest BCUT2D eigenvalue weighted by molar-refractivity contribution is 0.268. The maximum Gasteiger partial charge on any atom is 0.247 e. The second-order valence-electron chi connectivity index (χ2n) is 4.54. The Morgan fingerprint density at radius 1 is 1.15 bits per heavy atom. The molecule has 1 aromatic carbocycles. The lowest BCUT2D eigenvalue weighted by Crippen LogP contribution is -2.35. The maximum atomic E-state index is 13.2. The molecule has 0 aliphatic carbocycles. The highest BCUT2D eigenvalue weighted by Crippen LogP contribution is 2.27. The van der Waals surface area contributed by atoms with Crippen LogP contribution >= 0.6 is 0 Å². The maximum absolute atomic E-state index is 13.2. The second-order valence-corrected chi connectivity index (χ2v) is 4.54. The summed E-state index contributed by atoms with van der Waals surface area (Å²) in [5, 5.41) is 3.64. The molecule has 2 N–H and O–H groups in total. The van der Waals surface area contributed by atoms with E-state index in [1.807, 2.05) is 13.8 Å². The lowest BCUT2D eigenvalue weighted by atomic mass is 9.94. The fourth-order valence-corrected chi connectivity index (χ4v) is 1.78. The first-order chi connectivity index (χ1) is 9.41. The average molecular weight is 285 g/mol. The van der Waals surface area contributed by atoms with Crippen LogP contribution in [-0.2, 0) is 5.54 Å². The second kappa shape index (κ2) is 5.24. The summed E-state index contributed by atoms with van der Waals surface area (Å²) in [7, 11) is 0. The van der Waals surface area contributed by atoms with Crippen LogP contribution in [0.2, 0.25) is 0 Å². The zero-order valence-corrected chi connectivity index (χ0v) is 11.1. The molecular formula is C13H14F3N3O. The van der Waals surface area contributed by atoms with Crippen molar-refractivity contribution < 1.29 is 17.7 Å². The molecule has 0 bridgehead atoms.